The summed E-state index contributed by atoms with van der Waals surface area (Å²) in [6.45, 7) is 0. The Morgan fingerprint density at radius 1 is 0.360 bits per heavy atom. The summed E-state index contributed by atoms with van der Waals surface area (Å²) in [7, 11) is 0. The Bertz CT molecular complexity index is 2960. The average Bonchev–Trinajstić information content (AvgIpc) is 3.66. The maximum Gasteiger partial charge on any atom is 0.135 e. The molecule has 0 N–H and O–H groups in total. The van der Waals surface area contributed by atoms with E-state index in [1.54, 1.807) is 0 Å². The van der Waals surface area contributed by atoms with Crippen LogP contribution < -0.4 is 4.74 Å². The average molecular weight is 633 g/mol. The first-order valence-electron chi connectivity index (χ1n) is 17.4. The summed E-state index contributed by atoms with van der Waals surface area (Å²) in [5.41, 5.74) is 15.1. The number of fused-ring (bicyclic) bond motifs is 17. The maximum absolute atomic E-state index is 6.49. The molecule has 230 valence electrons. The van der Waals surface area contributed by atoms with Crippen LogP contribution in [0.5, 0.6) is 11.5 Å². The Balaban J connectivity index is 1.18. The minimum atomic E-state index is -0.459. The van der Waals surface area contributed by atoms with Crippen molar-refractivity contribution in [2.45, 2.75) is 5.41 Å². The first-order valence-corrected chi connectivity index (χ1v) is 17.4. The summed E-state index contributed by atoms with van der Waals surface area (Å²) in [5.74, 6) is 1.83. The number of ether oxygens (including phenoxy) is 1. The van der Waals surface area contributed by atoms with Crippen LogP contribution in [0.15, 0.2) is 170 Å². The summed E-state index contributed by atoms with van der Waals surface area (Å²) in [4.78, 5) is 0. The van der Waals surface area contributed by atoms with E-state index in [1.807, 2.05) is 0 Å². The van der Waals surface area contributed by atoms with E-state index in [1.165, 1.54) is 93.5 Å². The zero-order valence-corrected chi connectivity index (χ0v) is 27.1. The van der Waals surface area contributed by atoms with Crippen LogP contribution in [-0.2, 0) is 5.41 Å². The molecule has 0 radical (unpaired) electrons. The smallest absolute Gasteiger partial charge is 0.135 e. The molecule has 0 amide bonds. The second-order valence-electron chi connectivity index (χ2n) is 13.9. The standard InChI is InChI=1S/C49H28O/c1-3-16-36-32(13-1)33-14-2-4-17-38(33)48-47(36)39-18-6-8-21-42(39)49(48)41-20-7-5-15-34(41)35-25-23-31(28-43(35)49)30-24-26-44-40(27-30)37-19-9-11-29-12-10-22-45(50-44)46(29)37/h1-28H. The van der Waals surface area contributed by atoms with Gasteiger partial charge in [-0.25, -0.2) is 0 Å². The SMILES string of the molecule is c1ccc2c(c1)-c1ccc(-c3ccc4c(c3)-c3cccc5cccc(c35)O4)cc1C21c2ccccc2-c2c1c1ccccc1c1ccccc21. The topological polar surface area (TPSA) is 9.23 Å². The lowest BCUT2D eigenvalue weighted by molar-refractivity contribution is 0.487. The van der Waals surface area contributed by atoms with Gasteiger partial charge in [-0.05, 0) is 112 Å². The molecule has 0 saturated heterocycles. The van der Waals surface area contributed by atoms with Gasteiger partial charge in [-0.15, -0.1) is 0 Å². The van der Waals surface area contributed by atoms with Crippen LogP contribution in [0.25, 0.3) is 76.8 Å². The van der Waals surface area contributed by atoms with E-state index in [4.69, 9.17) is 4.74 Å². The quantitative estimate of drug-likeness (QED) is 0.164. The molecule has 0 saturated carbocycles. The Morgan fingerprint density at radius 2 is 0.960 bits per heavy atom. The van der Waals surface area contributed by atoms with Crippen molar-refractivity contribution < 1.29 is 4.74 Å². The molecule has 9 aromatic rings. The van der Waals surface area contributed by atoms with Crippen LogP contribution in [0, 0.1) is 0 Å². The van der Waals surface area contributed by atoms with Crippen LogP contribution in [0.2, 0.25) is 0 Å². The minimum Gasteiger partial charge on any atom is -0.456 e. The van der Waals surface area contributed by atoms with E-state index < -0.39 is 5.41 Å². The van der Waals surface area contributed by atoms with E-state index in [0.29, 0.717) is 0 Å². The van der Waals surface area contributed by atoms with Crippen molar-refractivity contribution in [2.24, 2.45) is 0 Å². The maximum atomic E-state index is 6.49. The number of hydrogen-bond donors (Lipinski definition) is 0. The van der Waals surface area contributed by atoms with Crippen molar-refractivity contribution in [3.8, 4) is 56.0 Å². The van der Waals surface area contributed by atoms with Crippen LogP contribution in [0.3, 0.4) is 0 Å². The van der Waals surface area contributed by atoms with Gasteiger partial charge in [-0.1, -0.05) is 146 Å². The van der Waals surface area contributed by atoms with Crippen molar-refractivity contribution in [1.29, 1.82) is 0 Å². The monoisotopic (exact) mass is 632 g/mol. The Hall–Kier alpha value is -6.44. The van der Waals surface area contributed by atoms with Crippen LogP contribution in [0.4, 0.5) is 0 Å². The lowest BCUT2D eigenvalue weighted by atomic mass is 9.68. The van der Waals surface area contributed by atoms with Gasteiger partial charge in [0.15, 0.2) is 0 Å². The second-order valence-corrected chi connectivity index (χ2v) is 13.9. The molecule has 1 atom stereocenters. The van der Waals surface area contributed by atoms with Gasteiger partial charge in [0.2, 0.25) is 0 Å². The normalized spacial score (nSPS) is 15.8. The largest absolute Gasteiger partial charge is 0.456 e. The van der Waals surface area contributed by atoms with Gasteiger partial charge >= 0.3 is 0 Å². The molecule has 0 aromatic heterocycles. The molecule has 3 aliphatic rings. The van der Waals surface area contributed by atoms with Gasteiger partial charge in [0.1, 0.15) is 11.5 Å². The third-order valence-corrected chi connectivity index (χ3v) is 11.6. The molecule has 1 aliphatic heterocycles. The molecule has 50 heavy (non-hydrogen) atoms. The molecule has 0 fully saturated rings. The second kappa shape index (κ2) is 9.37. The molecule has 1 spiro atoms. The fourth-order valence-electron chi connectivity index (χ4n) is 9.74. The van der Waals surface area contributed by atoms with E-state index in [9.17, 15) is 0 Å². The fraction of sp³-hybridized carbons (Fsp3) is 0.0204. The van der Waals surface area contributed by atoms with E-state index in [2.05, 4.69) is 170 Å². The van der Waals surface area contributed by atoms with Gasteiger partial charge in [0.05, 0.1) is 5.41 Å². The van der Waals surface area contributed by atoms with Gasteiger partial charge in [0.25, 0.3) is 0 Å². The third-order valence-electron chi connectivity index (χ3n) is 11.6. The highest BCUT2D eigenvalue weighted by Gasteiger charge is 2.53. The van der Waals surface area contributed by atoms with Gasteiger partial charge in [-0.3, -0.25) is 0 Å². The summed E-state index contributed by atoms with van der Waals surface area (Å²) < 4.78 is 6.49. The summed E-state index contributed by atoms with van der Waals surface area (Å²) in [5, 5.41) is 7.63. The predicted octanol–water partition coefficient (Wildman–Crippen LogP) is 12.9. The van der Waals surface area contributed by atoms with E-state index in [-0.39, 0.29) is 0 Å². The molecule has 1 heteroatoms. The van der Waals surface area contributed by atoms with Crippen molar-refractivity contribution in [2.75, 3.05) is 0 Å². The van der Waals surface area contributed by atoms with Crippen LogP contribution in [-0.4, -0.2) is 0 Å². The van der Waals surface area contributed by atoms with Crippen LogP contribution in [0.1, 0.15) is 22.3 Å². The van der Waals surface area contributed by atoms with Crippen molar-refractivity contribution in [3.63, 3.8) is 0 Å². The molecular weight excluding hydrogens is 605 g/mol. The molecule has 2 aliphatic carbocycles. The Labute approximate surface area is 289 Å². The summed E-state index contributed by atoms with van der Waals surface area (Å²) >= 11 is 0. The Kier molecular flexibility index (Phi) is 4.97. The number of benzene rings is 9. The lowest BCUT2D eigenvalue weighted by Crippen LogP contribution is -2.26. The molecule has 12 rings (SSSR count). The van der Waals surface area contributed by atoms with Crippen LogP contribution >= 0.6 is 0 Å². The minimum absolute atomic E-state index is 0.459. The number of hydrogen-bond acceptors (Lipinski definition) is 1. The molecule has 1 nitrogen and oxygen atoms in total. The highest BCUT2D eigenvalue weighted by atomic mass is 16.5. The molecular formula is C49H28O. The Morgan fingerprint density at radius 3 is 1.80 bits per heavy atom. The van der Waals surface area contributed by atoms with Gasteiger partial charge < -0.3 is 4.74 Å². The van der Waals surface area contributed by atoms with E-state index in [0.717, 1.165) is 17.1 Å². The fourth-order valence-corrected chi connectivity index (χ4v) is 9.74. The molecule has 9 aromatic carbocycles. The van der Waals surface area contributed by atoms with Gasteiger partial charge in [-0.2, -0.15) is 0 Å². The lowest BCUT2D eigenvalue weighted by Gasteiger charge is -2.32. The van der Waals surface area contributed by atoms with E-state index >= 15 is 0 Å². The molecule has 1 unspecified atom stereocenters. The number of rotatable bonds is 1. The zero-order chi connectivity index (χ0) is 32.6. The first-order chi connectivity index (χ1) is 24.8. The predicted molar refractivity (Wildman–Crippen MR) is 206 cm³/mol. The highest BCUT2D eigenvalue weighted by molar-refractivity contribution is 6.20. The molecule has 1 heterocycles. The highest BCUT2D eigenvalue weighted by Crippen LogP contribution is 2.65. The first kappa shape index (κ1) is 26.5. The summed E-state index contributed by atoms with van der Waals surface area (Å²) in [6.07, 6.45) is 0. The van der Waals surface area contributed by atoms with Gasteiger partial charge in [0, 0.05) is 10.9 Å². The zero-order valence-electron chi connectivity index (χ0n) is 27.1. The van der Waals surface area contributed by atoms with Crippen molar-refractivity contribution in [3.05, 3.63) is 192 Å². The molecule has 0 bridgehead atoms. The summed E-state index contributed by atoms with van der Waals surface area (Å²) in [6, 6.07) is 63.0. The van der Waals surface area contributed by atoms with Crippen molar-refractivity contribution >= 4 is 32.3 Å². The van der Waals surface area contributed by atoms with Crippen molar-refractivity contribution in [1.82, 2.24) is 0 Å². The third kappa shape index (κ3) is 3.14.